The monoisotopic (exact) mass is 263 g/mol. The molecular formula is C13H13NO3S. The lowest BCUT2D eigenvalue weighted by Gasteiger charge is -2.05. The molecule has 2 aromatic heterocycles. The Morgan fingerprint density at radius 3 is 2.78 bits per heavy atom. The molecule has 0 saturated carbocycles. The van der Waals surface area contributed by atoms with Crippen LogP contribution in [0.5, 0.6) is 0 Å². The van der Waals surface area contributed by atoms with Gasteiger partial charge in [-0.05, 0) is 30.0 Å². The summed E-state index contributed by atoms with van der Waals surface area (Å²) in [6, 6.07) is 4.82. The molecule has 0 spiro atoms. The maximum Gasteiger partial charge on any atom is 0.339 e. The van der Waals surface area contributed by atoms with Gasteiger partial charge in [-0.15, -0.1) is 11.3 Å². The molecule has 2 heterocycles. The standard InChI is InChI=1S/C13H13NO3S/c1-9-5-6-18-11(9)8-17-13(16)10-3-4-12(15)14(2)7-10/h3-7H,8H2,1-2H3. The number of carbonyl (C=O) groups excluding carboxylic acids is 1. The van der Waals surface area contributed by atoms with E-state index >= 15 is 0 Å². The second kappa shape index (κ2) is 5.18. The molecule has 0 aliphatic rings. The van der Waals surface area contributed by atoms with Gasteiger partial charge in [-0.2, -0.15) is 0 Å². The second-order valence-electron chi connectivity index (χ2n) is 3.97. The number of hydrogen-bond donors (Lipinski definition) is 0. The summed E-state index contributed by atoms with van der Waals surface area (Å²) in [6.07, 6.45) is 1.48. The Morgan fingerprint density at radius 1 is 1.39 bits per heavy atom. The number of ether oxygens (including phenoxy) is 1. The van der Waals surface area contributed by atoms with Crippen LogP contribution in [0.2, 0.25) is 0 Å². The van der Waals surface area contributed by atoms with Gasteiger partial charge in [0.25, 0.3) is 0 Å². The highest BCUT2D eigenvalue weighted by molar-refractivity contribution is 7.10. The Morgan fingerprint density at radius 2 is 2.17 bits per heavy atom. The number of rotatable bonds is 3. The van der Waals surface area contributed by atoms with Crippen molar-refractivity contribution in [3.05, 3.63) is 56.1 Å². The first-order valence-electron chi connectivity index (χ1n) is 5.44. The van der Waals surface area contributed by atoms with E-state index in [2.05, 4.69) is 0 Å². The molecule has 0 unspecified atom stereocenters. The quantitative estimate of drug-likeness (QED) is 0.797. The normalized spacial score (nSPS) is 10.3. The van der Waals surface area contributed by atoms with Crippen LogP contribution in [0, 0.1) is 6.92 Å². The molecule has 0 atom stereocenters. The molecule has 0 aromatic carbocycles. The van der Waals surface area contributed by atoms with Gasteiger partial charge in [-0.25, -0.2) is 4.79 Å². The fraction of sp³-hybridized carbons (Fsp3) is 0.231. The molecule has 0 saturated heterocycles. The number of hydrogen-bond acceptors (Lipinski definition) is 4. The smallest absolute Gasteiger partial charge is 0.339 e. The van der Waals surface area contributed by atoms with Gasteiger partial charge >= 0.3 is 5.97 Å². The SMILES string of the molecule is Cc1ccsc1COC(=O)c1ccc(=O)n(C)c1. The summed E-state index contributed by atoms with van der Waals surface area (Å²) < 4.78 is 6.56. The van der Waals surface area contributed by atoms with E-state index in [-0.39, 0.29) is 12.2 Å². The highest BCUT2D eigenvalue weighted by atomic mass is 32.1. The zero-order chi connectivity index (χ0) is 13.1. The van der Waals surface area contributed by atoms with Crippen molar-refractivity contribution in [1.29, 1.82) is 0 Å². The minimum absolute atomic E-state index is 0.152. The summed E-state index contributed by atoms with van der Waals surface area (Å²) >= 11 is 1.56. The molecule has 0 bridgehead atoms. The summed E-state index contributed by atoms with van der Waals surface area (Å²) in [5.74, 6) is -0.418. The zero-order valence-corrected chi connectivity index (χ0v) is 11.0. The van der Waals surface area contributed by atoms with Crippen LogP contribution >= 0.6 is 11.3 Å². The van der Waals surface area contributed by atoms with Gasteiger partial charge in [0.2, 0.25) is 5.56 Å². The predicted octanol–water partition coefficient (Wildman–Crippen LogP) is 2.11. The van der Waals surface area contributed by atoms with Crippen LogP contribution in [0.3, 0.4) is 0 Å². The van der Waals surface area contributed by atoms with Gasteiger partial charge in [0.15, 0.2) is 0 Å². The summed E-state index contributed by atoms with van der Waals surface area (Å²) in [5, 5.41) is 1.96. The van der Waals surface area contributed by atoms with Crippen LogP contribution < -0.4 is 5.56 Å². The van der Waals surface area contributed by atoms with Crippen molar-refractivity contribution in [3.63, 3.8) is 0 Å². The minimum Gasteiger partial charge on any atom is -0.456 e. The Bertz CT molecular complexity index is 627. The van der Waals surface area contributed by atoms with Gasteiger partial charge in [0, 0.05) is 24.2 Å². The van der Waals surface area contributed by atoms with E-state index < -0.39 is 5.97 Å². The molecule has 5 heteroatoms. The van der Waals surface area contributed by atoms with Gasteiger partial charge < -0.3 is 9.30 Å². The van der Waals surface area contributed by atoms with Gasteiger partial charge in [-0.1, -0.05) is 0 Å². The van der Waals surface area contributed by atoms with Crippen molar-refractivity contribution in [1.82, 2.24) is 4.57 Å². The zero-order valence-electron chi connectivity index (χ0n) is 10.2. The third-order valence-electron chi connectivity index (χ3n) is 2.62. The summed E-state index contributed by atoms with van der Waals surface area (Å²) in [6.45, 7) is 2.25. The number of nitrogens with zero attached hydrogens (tertiary/aromatic N) is 1. The Labute approximate surface area is 108 Å². The molecule has 94 valence electrons. The van der Waals surface area contributed by atoms with Crippen molar-refractivity contribution in [2.45, 2.75) is 13.5 Å². The highest BCUT2D eigenvalue weighted by Crippen LogP contribution is 2.17. The average molecular weight is 263 g/mol. The van der Waals surface area contributed by atoms with E-state index in [0.717, 1.165) is 10.4 Å². The number of pyridine rings is 1. The molecule has 4 nitrogen and oxygen atoms in total. The second-order valence-corrected chi connectivity index (χ2v) is 4.97. The van der Waals surface area contributed by atoms with Crippen molar-refractivity contribution in [2.24, 2.45) is 7.05 Å². The fourth-order valence-electron chi connectivity index (χ4n) is 1.48. The number of esters is 1. The topological polar surface area (TPSA) is 48.3 Å². The highest BCUT2D eigenvalue weighted by Gasteiger charge is 2.09. The van der Waals surface area contributed by atoms with Crippen molar-refractivity contribution in [3.8, 4) is 0 Å². The van der Waals surface area contributed by atoms with E-state index in [1.165, 1.54) is 22.9 Å². The molecule has 0 aliphatic heterocycles. The predicted molar refractivity (Wildman–Crippen MR) is 69.9 cm³/mol. The maximum absolute atomic E-state index is 11.8. The van der Waals surface area contributed by atoms with Gasteiger partial charge in [0.05, 0.1) is 5.56 Å². The molecule has 0 amide bonds. The fourth-order valence-corrected chi connectivity index (χ4v) is 2.30. The largest absolute Gasteiger partial charge is 0.456 e. The number of aromatic nitrogens is 1. The molecule has 0 aliphatic carbocycles. The summed E-state index contributed by atoms with van der Waals surface area (Å²) in [5.41, 5.74) is 1.35. The van der Waals surface area contributed by atoms with Crippen molar-refractivity contribution < 1.29 is 9.53 Å². The van der Waals surface area contributed by atoms with Crippen LogP contribution in [-0.2, 0) is 18.4 Å². The first-order valence-corrected chi connectivity index (χ1v) is 6.32. The maximum atomic E-state index is 11.8. The minimum atomic E-state index is -0.418. The molecule has 0 radical (unpaired) electrons. The molecule has 0 N–H and O–H groups in total. The molecule has 0 fully saturated rings. The van der Waals surface area contributed by atoms with Crippen LogP contribution in [-0.4, -0.2) is 10.5 Å². The van der Waals surface area contributed by atoms with E-state index in [0.29, 0.717) is 5.56 Å². The number of thiophene rings is 1. The van der Waals surface area contributed by atoms with Crippen molar-refractivity contribution in [2.75, 3.05) is 0 Å². The average Bonchev–Trinajstić information content (AvgIpc) is 2.75. The lowest BCUT2D eigenvalue weighted by Crippen LogP contribution is -2.17. The van der Waals surface area contributed by atoms with Crippen molar-refractivity contribution >= 4 is 17.3 Å². The molecule has 2 aromatic rings. The lowest BCUT2D eigenvalue weighted by atomic mass is 10.3. The first kappa shape index (κ1) is 12.6. The van der Waals surface area contributed by atoms with E-state index in [1.807, 2.05) is 18.4 Å². The summed E-state index contributed by atoms with van der Waals surface area (Å²) in [7, 11) is 1.60. The van der Waals surface area contributed by atoms with E-state index in [4.69, 9.17) is 4.74 Å². The molecule has 2 rings (SSSR count). The van der Waals surface area contributed by atoms with Crippen LogP contribution in [0.1, 0.15) is 20.8 Å². The Hall–Kier alpha value is -1.88. The Kier molecular flexibility index (Phi) is 3.62. The Balaban J connectivity index is 2.06. The summed E-state index contributed by atoms with van der Waals surface area (Å²) in [4.78, 5) is 24.0. The molecular weight excluding hydrogens is 250 g/mol. The van der Waals surface area contributed by atoms with Gasteiger partial charge in [0.1, 0.15) is 6.61 Å². The van der Waals surface area contributed by atoms with Crippen LogP contribution in [0.4, 0.5) is 0 Å². The third kappa shape index (κ3) is 2.68. The molecule has 18 heavy (non-hydrogen) atoms. The lowest BCUT2D eigenvalue weighted by molar-refractivity contribution is 0.0475. The van der Waals surface area contributed by atoms with Crippen LogP contribution in [0.15, 0.2) is 34.6 Å². The first-order chi connectivity index (χ1) is 8.58. The third-order valence-corrected chi connectivity index (χ3v) is 3.62. The number of carbonyl (C=O) groups is 1. The number of aryl methyl sites for hydroxylation is 2. The van der Waals surface area contributed by atoms with E-state index in [9.17, 15) is 9.59 Å². The van der Waals surface area contributed by atoms with Crippen LogP contribution in [0.25, 0.3) is 0 Å². The van der Waals surface area contributed by atoms with Gasteiger partial charge in [-0.3, -0.25) is 4.79 Å². The van der Waals surface area contributed by atoms with E-state index in [1.54, 1.807) is 18.4 Å².